The average molecular weight is 307 g/mol. The van der Waals surface area contributed by atoms with Gasteiger partial charge < -0.3 is 10.2 Å². The van der Waals surface area contributed by atoms with Crippen molar-refractivity contribution in [1.82, 2.24) is 14.8 Å². The number of para-hydroxylation sites is 2. The van der Waals surface area contributed by atoms with Crippen LogP contribution in [0.25, 0.3) is 23.5 Å². The summed E-state index contributed by atoms with van der Waals surface area (Å²) in [4.78, 5) is 4.48. The maximum Gasteiger partial charge on any atom is 0.174 e. The first-order chi connectivity index (χ1) is 11.2. The summed E-state index contributed by atoms with van der Waals surface area (Å²) >= 11 is 0. The number of aromatic hydroxyl groups is 2. The third-order valence-electron chi connectivity index (χ3n) is 3.48. The normalized spacial score (nSPS) is 11.2. The Balaban J connectivity index is 1.97. The molecule has 3 rings (SSSR count). The Morgan fingerprint density at radius 1 is 0.957 bits per heavy atom. The summed E-state index contributed by atoms with van der Waals surface area (Å²) in [5.41, 5.74) is 1.34. The van der Waals surface area contributed by atoms with Crippen LogP contribution in [0.15, 0.2) is 48.5 Å². The Hall–Kier alpha value is -3.08. The molecule has 1 aromatic heterocycles. The summed E-state index contributed by atoms with van der Waals surface area (Å²) in [5.74, 6) is 1.52. The van der Waals surface area contributed by atoms with E-state index in [1.54, 1.807) is 41.1 Å². The molecular formula is C18H17N3O2. The van der Waals surface area contributed by atoms with E-state index in [1.807, 2.05) is 31.2 Å². The van der Waals surface area contributed by atoms with Gasteiger partial charge in [-0.15, -0.1) is 0 Å². The first-order valence-corrected chi connectivity index (χ1v) is 7.38. The maximum absolute atomic E-state index is 10.0. The topological polar surface area (TPSA) is 71.2 Å². The lowest BCUT2D eigenvalue weighted by Gasteiger charge is -2.04. The molecule has 0 saturated carbocycles. The molecule has 0 saturated heterocycles. The molecular weight excluding hydrogens is 290 g/mol. The highest BCUT2D eigenvalue weighted by Gasteiger charge is 2.12. The van der Waals surface area contributed by atoms with Gasteiger partial charge in [-0.25, -0.2) is 9.67 Å². The molecule has 0 spiro atoms. The van der Waals surface area contributed by atoms with E-state index in [0.717, 1.165) is 0 Å². The third-order valence-corrected chi connectivity index (χ3v) is 3.48. The highest BCUT2D eigenvalue weighted by molar-refractivity contribution is 5.71. The molecule has 0 amide bonds. The maximum atomic E-state index is 10.0. The molecule has 0 aliphatic heterocycles. The van der Waals surface area contributed by atoms with Crippen molar-refractivity contribution in [3.8, 4) is 22.9 Å². The first-order valence-electron chi connectivity index (χ1n) is 7.38. The van der Waals surface area contributed by atoms with E-state index in [2.05, 4.69) is 10.1 Å². The van der Waals surface area contributed by atoms with Crippen LogP contribution in [0.1, 0.15) is 18.3 Å². The second-order valence-corrected chi connectivity index (χ2v) is 5.02. The van der Waals surface area contributed by atoms with Crippen LogP contribution in [-0.2, 0) is 6.54 Å². The summed E-state index contributed by atoms with van der Waals surface area (Å²) in [7, 11) is 0. The van der Waals surface area contributed by atoms with E-state index in [9.17, 15) is 10.2 Å². The Labute approximate surface area is 134 Å². The van der Waals surface area contributed by atoms with Crippen LogP contribution >= 0.6 is 0 Å². The number of phenolic OH excluding ortho intramolecular Hbond substituents is 2. The monoisotopic (exact) mass is 307 g/mol. The van der Waals surface area contributed by atoms with Crippen molar-refractivity contribution in [3.63, 3.8) is 0 Å². The van der Waals surface area contributed by atoms with Gasteiger partial charge in [0.1, 0.15) is 11.5 Å². The van der Waals surface area contributed by atoms with Crippen molar-refractivity contribution in [3.05, 3.63) is 59.9 Å². The van der Waals surface area contributed by atoms with Crippen molar-refractivity contribution in [2.75, 3.05) is 0 Å². The number of nitrogens with zero attached hydrogens (tertiary/aromatic N) is 3. The number of aromatic nitrogens is 3. The van der Waals surface area contributed by atoms with Crippen LogP contribution < -0.4 is 0 Å². The number of phenols is 2. The lowest BCUT2D eigenvalue weighted by molar-refractivity contribution is 0.474. The van der Waals surface area contributed by atoms with Crippen LogP contribution in [0.4, 0.5) is 0 Å². The van der Waals surface area contributed by atoms with Crippen molar-refractivity contribution in [2.45, 2.75) is 13.5 Å². The van der Waals surface area contributed by atoms with E-state index >= 15 is 0 Å². The van der Waals surface area contributed by atoms with E-state index < -0.39 is 0 Å². The Kier molecular flexibility index (Phi) is 4.10. The molecule has 0 radical (unpaired) electrons. The Bertz CT molecular complexity index is 853. The molecule has 2 N–H and O–H groups in total. The molecule has 0 unspecified atom stereocenters. The highest BCUT2D eigenvalue weighted by atomic mass is 16.3. The van der Waals surface area contributed by atoms with Crippen molar-refractivity contribution >= 4 is 12.2 Å². The smallest absolute Gasteiger partial charge is 0.174 e. The molecule has 0 atom stereocenters. The minimum Gasteiger partial charge on any atom is -0.507 e. The van der Waals surface area contributed by atoms with Gasteiger partial charge in [-0.05, 0) is 37.3 Å². The number of hydrogen-bond donors (Lipinski definition) is 2. The van der Waals surface area contributed by atoms with E-state index in [-0.39, 0.29) is 11.5 Å². The predicted molar refractivity (Wildman–Crippen MR) is 89.8 cm³/mol. The third kappa shape index (κ3) is 3.08. The number of hydrogen-bond acceptors (Lipinski definition) is 4. The molecule has 5 heteroatoms. The SMILES string of the molecule is CCn1nc(/C=C/c2ccccc2O)nc1-c1ccccc1O. The Morgan fingerprint density at radius 2 is 1.65 bits per heavy atom. The fraction of sp³-hybridized carbons (Fsp3) is 0.111. The number of rotatable bonds is 4. The van der Waals surface area contributed by atoms with Gasteiger partial charge in [0, 0.05) is 12.1 Å². The highest BCUT2D eigenvalue weighted by Crippen LogP contribution is 2.27. The van der Waals surface area contributed by atoms with Crippen LogP contribution in [0.2, 0.25) is 0 Å². The van der Waals surface area contributed by atoms with E-state index in [4.69, 9.17) is 0 Å². The van der Waals surface area contributed by atoms with Crippen LogP contribution in [-0.4, -0.2) is 25.0 Å². The fourth-order valence-electron chi connectivity index (χ4n) is 2.31. The quantitative estimate of drug-likeness (QED) is 0.773. The second-order valence-electron chi connectivity index (χ2n) is 5.02. The lowest BCUT2D eigenvalue weighted by atomic mass is 10.2. The average Bonchev–Trinajstić information content (AvgIpc) is 2.97. The van der Waals surface area contributed by atoms with Gasteiger partial charge in [0.05, 0.1) is 5.56 Å². The van der Waals surface area contributed by atoms with Crippen LogP contribution in [0.3, 0.4) is 0 Å². The van der Waals surface area contributed by atoms with Crippen molar-refractivity contribution < 1.29 is 10.2 Å². The molecule has 0 aliphatic rings. The zero-order valence-corrected chi connectivity index (χ0v) is 12.7. The summed E-state index contributed by atoms with van der Waals surface area (Å²) in [6.07, 6.45) is 3.50. The van der Waals surface area contributed by atoms with Gasteiger partial charge >= 0.3 is 0 Å². The number of benzene rings is 2. The van der Waals surface area contributed by atoms with Gasteiger partial charge in [-0.1, -0.05) is 30.3 Å². The van der Waals surface area contributed by atoms with Crippen molar-refractivity contribution in [2.24, 2.45) is 0 Å². The lowest BCUT2D eigenvalue weighted by Crippen LogP contribution is -1.99. The standard InChI is InChI=1S/C18H17N3O2/c1-2-21-18(14-8-4-6-10-16(14)23)19-17(20-21)12-11-13-7-3-5-9-15(13)22/h3-12,22-23H,2H2,1H3/b12-11+. The summed E-state index contributed by atoms with van der Waals surface area (Å²) < 4.78 is 1.74. The summed E-state index contributed by atoms with van der Waals surface area (Å²) in [5, 5.41) is 24.2. The summed E-state index contributed by atoms with van der Waals surface area (Å²) in [6.45, 7) is 2.61. The molecule has 3 aromatic rings. The molecule has 0 aliphatic carbocycles. The largest absolute Gasteiger partial charge is 0.507 e. The van der Waals surface area contributed by atoms with Crippen molar-refractivity contribution in [1.29, 1.82) is 0 Å². The van der Waals surface area contributed by atoms with Crippen LogP contribution in [0.5, 0.6) is 11.5 Å². The first kappa shape index (κ1) is 14.8. The van der Waals surface area contributed by atoms with E-state index in [1.165, 1.54) is 0 Å². The molecule has 5 nitrogen and oxygen atoms in total. The van der Waals surface area contributed by atoms with Crippen LogP contribution in [0, 0.1) is 0 Å². The molecule has 0 fully saturated rings. The zero-order chi connectivity index (χ0) is 16.2. The minimum absolute atomic E-state index is 0.172. The molecule has 0 bridgehead atoms. The van der Waals surface area contributed by atoms with Gasteiger partial charge in [-0.2, -0.15) is 5.10 Å². The van der Waals surface area contributed by atoms with Gasteiger partial charge in [0.2, 0.25) is 0 Å². The number of aryl methyl sites for hydroxylation is 1. The molecule has 1 heterocycles. The second kappa shape index (κ2) is 6.36. The summed E-state index contributed by atoms with van der Waals surface area (Å²) in [6, 6.07) is 14.1. The van der Waals surface area contributed by atoms with Gasteiger partial charge in [0.25, 0.3) is 0 Å². The molecule has 23 heavy (non-hydrogen) atoms. The molecule has 2 aromatic carbocycles. The van der Waals surface area contributed by atoms with E-state index in [0.29, 0.717) is 29.3 Å². The molecule has 116 valence electrons. The predicted octanol–water partition coefficient (Wildman–Crippen LogP) is 3.55. The zero-order valence-electron chi connectivity index (χ0n) is 12.7. The minimum atomic E-state index is 0.172. The Morgan fingerprint density at radius 3 is 2.35 bits per heavy atom. The van der Waals surface area contributed by atoms with Gasteiger partial charge in [0.15, 0.2) is 11.6 Å². The van der Waals surface area contributed by atoms with Gasteiger partial charge in [-0.3, -0.25) is 0 Å². The fourth-order valence-corrected chi connectivity index (χ4v) is 2.31.